The number of hydrogen-bond donors (Lipinski definition) is 0. The zero-order valence-corrected chi connectivity index (χ0v) is 11.4. The van der Waals surface area contributed by atoms with Gasteiger partial charge in [-0.05, 0) is 6.42 Å². The summed E-state index contributed by atoms with van der Waals surface area (Å²) in [6.45, 7) is 2.83. The number of nitrogens with zero attached hydrogens (tertiary/aromatic N) is 2. The quantitative estimate of drug-likeness (QED) is 0.542. The van der Waals surface area contributed by atoms with Gasteiger partial charge in [0.25, 0.3) is 0 Å². The van der Waals surface area contributed by atoms with E-state index in [9.17, 15) is 4.79 Å². The summed E-state index contributed by atoms with van der Waals surface area (Å²) in [5.74, 6) is 0.465. The first-order valence-corrected chi connectivity index (χ1v) is 7.28. The predicted molar refractivity (Wildman–Crippen MR) is 72.7 cm³/mol. The molecule has 98 valence electrons. The fraction of sp³-hybridized carbons (Fsp3) is 0.538. The van der Waals surface area contributed by atoms with Crippen LogP contribution in [0, 0.1) is 0 Å². The van der Waals surface area contributed by atoms with Crippen LogP contribution in [-0.4, -0.2) is 22.3 Å². The number of carbonyl (C=O) groups excluding carboxylic acids is 1. The average Bonchev–Trinajstić information content (AvgIpc) is 2.93. The second-order valence-corrected chi connectivity index (χ2v) is 5.11. The number of imidazole rings is 1. The fourth-order valence-corrected chi connectivity index (χ4v) is 2.58. The maximum atomic E-state index is 11.0. The molecule has 2 aromatic heterocycles. The molecule has 0 saturated carbocycles. The van der Waals surface area contributed by atoms with Crippen molar-refractivity contribution < 1.29 is 9.53 Å². The number of rotatable bonds is 8. The van der Waals surface area contributed by atoms with Crippen molar-refractivity contribution in [3.63, 3.8) is 0 Å². The topological polar surface area (TPSA) is 43.6 Å². The molecule has 0 aliphatic carbocycles. The van der Waals surface area contributed by atoms with Crippen molar-refractivity contribution in [2.45, 2.75) is 39.0 Å². The highest BCUT2D eigenvalue weighted by atomic mass is 32.1. The summed E-state index contributed by atoms with van der Waals surface area (Å²) in [4.78, 5) is 16.1. The summed E-state index contributed by atoms with van der Waals surface area (Å²) in [7, 11) is 0. The minimum absolute atomic E-state index is 0.465. The van der Waals surface area contributed by atoms with Crippen LogP contribution in [0.25, 0.3) is 4.96 Å². The molecule has 0 saturated heterocycles. The monoisotopic (exact) mass is 266 g/mol. The summed E-state index contributed by atoms with van der Waals surface area (Å²) < 4.78 is 7.36. The van der Waals surface area contributed by atoms with Crippen molar-refractivity contribution in [2.24, 2.45) is 0 Å². The van der Waals surface area contributed by atoms with Gasteiger partial charge in [-0.15, -0.1) is 11.3 Å². The molecule has 0 atom stereocenters. The third kappa shape index (κ3) is 2.90. The predicted octanol–water partition coefficient (Wildman–Crippen LogP) is 3.56. The van der Waals surface area contributed by atoms with Gasteiger partial charge in [0.1, 0.15) is 0 Å². The second kappa shape index (κ2) is 6.54. The van der Waals surface area contributed by atoms with E-state index in [1.807, 2.05) is 11.6 Å². The Morgan fingerprint density at radius 3 is 3.00 bits per heavy atom. The van der Waals surface area contributed by atoms with Gasteiger partial charge in [-0.1, -0.05) is 32.6 Å². The lowest BCUT2D eigenvalue weighted by molar-refractivity contribution is 0.111. The van der Waals surface area contributed by atoms with Gasteiger partial charge in [0.05, 0.1) is 6.61 Å². The average molecular weight is 266 g/mol. The molecular weight excluding hydrogens is 248 g/mol. The number of aldehydes is 1. The van der Waals surface area contributed by atoms with E-state index in [1.54, 1.807) is 4.40 Å². The molecule has 4 nitrogen and oxygen atoms in total. The van der Waals surface area contributed by atoms with Crippen LogP contribution in [-0.2, 0) is 0 Å². The highest BCUT2D eigenvalue weighted by Crippen LogP contribution is 2.22. The molecule has 0 aliphatic heterocycles. The highest BCUT2D eigenvalue weighted by molar-refractivity contribution is 7.15. The molecule has 0 fully saturated rings. The van der Waals surface area contributed by atoms with Crippen molar-refractivity contribution in [1.82, 2.24) is 9.38 Å². The lowest BCUT2D eigenvalue weighted by Crippen LogP contribution is -2.00. The normalized spacial score (nSPS) is 10.9. The molecule has 2 aromatic rings. The van der Waals surface area contributed by atoms with Crippen LogP contribution >= 0.6 is 11.3 Å². The fourth-order valence-electron chi connectivity index (χ4n) is 1.87. The van der Waals surface area contributed by atoms with Crippen LogP contribution < -0.4 is 4.74 Å². The second-order valence-electron chi connectivity index (χ2n) is 4.24. The minimum atomic E-state index is 0.465. The van der Waals surface area contributed by atoms with Crippen LogP contribution in [0.15, 0.2) is 11.6 Å². The first kappa shape index (κ1) is 13.1. The number of carbonyl (C=O) groups is 1. The van der Waals surface area contributed by atoms with E-state index in [2.05, 4.69) is 11.9 Å². The van der Waals surface area contributed by atoms with E-state index < -0.39 is 0 Å². The Hall–Kier alpha value is -1.36. The molecule has 5 heteroatoms. The third-order valence-corrected chi connectivity index (χ3v) is 3.62. The van der Waals surface area contributed by atoms with E-state index in [0.717, 1.165) is 17.7 Å². The minimum Gasteiger partial charge on any atom is -0.476 e. The Labute approximate surface area is 111 Å². The van der Waals surface area contributed by atoms with Crippen molar-refractivity contribution >= 4 is 22.6 Å². The van der Waals surface area contributed by atoms with Crippen LogP contribution in [0.2, 0.25) is 0 Å². The highest BCUT2D eigenvalue weighted by Gasteiger charge is 2.13. The van der Waals surface area contributed by atoms with Crippen LogP contribution in [0.3, 0.4) is 0 Å². The van der Waals surface area contributed by atoms with E-state index >= 15 is 0 Å². The molecule has 0 unspecified atom stereocenters. The maximum Gasteiger partial charge on any atom is 0.244 e. The Kier molecular flexibility index (Phi) is 4.75. The van der Waals surface area contributed by atoms with Gasteiger partial charge >= 0.3 is 0 Å². The molecule has 18 heavy (non-hydrogen) atoms. The summed E-state index contributed by atoms with van der Waals surface area (Å²) in [5, 5.41) is 1.91. The standard InChI is InChI=1S/C13H18N2O2S/c1-2-3-4-5-6-8-17-12-11(10-16)15-7-9-18-13(15)14-12/h7,9-10H,2-6,8H2,1H3. The molecule has 2 rings (SSSR count). The molecular formula is C13H18N2O2S. The van der Waals surface area contributed by atoms with E-state index in [0.29, 0.717) is 18.2 Å². The van der Waals surface area contributed by atoms with Crippen molar-refractivity contribution in [3.8, 4) is 5.88 Å². The number of unbranched alkanes of at least 4 members (excludes halogenated alkanes) is 4. The third-order valence-electron chi connectivity index (χ3n) is 2.86. The summed E-state index contributed by atoms with van der Waals surface area (Å²) in [6.07, 6.45) is 8.60. The van der Waals surface area contributed by atoms with Gasteiger partial charge in [0.2, 0.25) is 5.88 Å². The van der Waals surface area contributed by atoms with Crippen LogP contribution in [0.5, 0.6) is 5.88 Å². The van der Waals surface area contributed by atoms with Crippen molar-refractivity contribution in [1.29, 1.82) is 0 Å². The molecule has 0 amide bonds. The van der Waals surface area contributed by atoms with E-state index in [1.165, 1.54) is 37.0 Å². The van der Waals surface area contributed by atoms with Gasteiger partial charge in [-0.3, -0.25) is 9.20 Å². The van der Waals surface area contributed by atoms with Gasteiger partial charge in [-0.2, -0.15) is 4.98 Å². The Balaban J connectivity index is 1.87. The molecule has 0 spiro atoms. The molecule has 0 bridgehead atoms. The van der Waals surface area contributed by atoms with Gasteiger partial charge < -0.3 is 4.74 Å². The lowest BCUT2D eigenvalue weighted by Gasteiger charge is -2.03. The first-order valence-electron chi connectivity index (χ1n) is 6.40. The molecule has 0 N–H and O–H groups in total. The molecule has 0 aliphatic rings. The number of aromatic nitrogens is 2. The largest absolute Gasteiger partial charge is 0.476 e. The summed E-state index contributed by atoms with van der Waals surface area (Å²) in [6, 6.07) is 0. The maximum absolute atomic E-state index is 11.0. The number of hydrogen-bond acceptors (Lipinski definition) is 4. The smallest absolute Gasteiger partial charge is 0.244 e. The molecule has 2 heterocycles. The Bertz CT molecular complexity index is 504. The lowest BCUT2D eigenvalue weighted by atomic mass is 10.2. The van der Waals surface area contributed by atoms with Crippen LogP contribution in [0.1, 0.15) is 49.5 Å². The first-order chi connectivity index (χ1) is 8.86. The zero-order chi connectivity index (χ0) is 12.8. The van der Waals surface area contributed by atoms with Crippen molar-refractivity contribution in [3.05, 3.63) is 17.3 Å². The molecule has 0 radical (unpaired) electrons. The van der Waals surface area contributed by atoms with Crippen molar-refractivity contribution in [2.75, 3.05) is 6.61 Å². The van der Waals surface area contributed by atoms with E-state index in [4.69, 9.17) is 4.74 Å². The molecule has 0 aromatic carbocycles. The SMILES string of the molecule is CCCCCCCOc1nc2sccn2c1C=O. The van der Waals surface area contributed by atoms with Crippen LogP contribution in [0.4, 0.5) is 0 Å². The van der Waals surface area contributed by atoms with Gasteiger partial charge in [0.15, 0.2) is 16.9 Å². The Morgan fingerprint density at radius 1 is 1.39 bits per heavy atom. The summed E-state index contributed by atoms with van der Waals surface area (Å²) in [5.41, 5.74) is 0.514. The number of fused-ring (bicyclic) bond motifs is 1. The van der Waals surface area contributed by atoms with Gasteiger partial charge in [-0.25, -0.2) is 0 Å². The summed E-state index contributed by atoms with van der Waals surface area (Å²) >= 11 is 1.50. The number of ether oxygens (including phenoxy) is 1. The van der Waals surface area contributed by atoms with Gasteiger partial charge in [0, 0.05) is 11.6 Å². The zero-order valence-electron chi connectivity index (χ0n) is 10.6. The number of thiazole rings is 1. The Morgan fingerprint density at radius 2 is 2.22 bits per heavy atom. The van der Waals surface area contributed by atoms with E-state index in [-0.39, 0.29) is 0 Å².